The van der Waals surface area contributed by atoms with E-state index in [0.29, 0.717) is 0 Å². The molecule has 1 atom stereocenters. The lowest BCUT2D eigenvalue weighted by molar-refractivity contribution is 0.222. The molecule has 1 aromatic heterocycles. The van der Waals surface area contributed by atoms with Gasteiger partial charge in [-0.1, -0.05) is 48.5 Å². The number of aliphatic hydroxyl groups excluding tert-OH is 1. The van der Waals surface area contributed by atoms with Crippen molar-refractivity contribution in [1.29, 1.82) is 0 Å². The average molecular weight is 235 g/mol. The van der Waals surface area contributed by atoms with Crippen LogP contribution in [0.1, 0.15) is 17.2 Å². The predicted octanol–water partition coefficient (Wildman–Crippen LogP) is 3.32. The summed E-state index contributed by atoms with van der Waals surface area (Å²) in [5, 5.41) is 11.5. The minimum absolute atomic E-state index is 0.612. The van der Waals surface area contributed by atoms with Crippen LogP contribution in [0.4, 0.5) is 0 Å². The van der Waals surface area contributed by atoms with Gasteiger partial charge in [0.15, 0.2) is 0 Å². The monoisotopic (exact) mass is 235 g/mol. The third-order valence-corrected chi connectivity index (χ3v) is 3.09. The number of pyridine rings is 1. The Hall–Kier alpha value is -2.19. The van der Waals surface area contributed by atoms with E-state index >= 15 is 0 Å². The zero-order valence-corrected chi connectivity index (χ0v) is 9.82. The highest BCUT2D eigenvalue weighted by Gasteiger charge is 2.12. The first-order valence-electron chi connectivity index (χ1n) is 5.93. The maximum atomic E-state index is 10.5. The molecule has 0 radical (unpaired) electrons. The summed E-state index contributed by atoms with van der Waals surface area (Å²) in [4.78, 5) is 4.31. The smallest absolute Gasteiger partial charge is 0.105 e. The van der Waals surface area contributed by atoms with Crippen LogP contribution in [0.2, 0.25) is 0 Å². The standard InChI is InChI=1S/C16H13NO/c18-16(12-6-2-1-3-7-12)14-8-4-10-15-13(14)9-5-11-17-15/h1-11,16,18H. The molecule has 0 aliphatic heterocycles. The first-order valence-corrected chi connectivity index (χ1v) is 5.93. The van der Waals surface area contributed by atoms with Gasteiger partial charge in [-0.25, -0.2) is 0 Å². The molecule has 1 heterocycles. The Bertz CT molecular complexity index is 659. The Morgan fingerprint density at radius 2 is 1.67 bits per heavy atom. The quantitative estimate of drug-likeness (QED) is 0.739. The fourth-order valence-electron chi connectivity index (χ4n) is 2.18. The van der Waals surface area contributed by atoms with Gasteiger partial charge in [0.25, 0.3) is 0 Å². The highest BCUT2D eigenvalue weighted by molar-refractivity contribution is 5.82. The maximum Gasteiger partial charge on any atom is 0.105 e. The van der Waals surface area contributed by atoms with Crippen LogP contribution in [-0.4, -0.2) is 10.1 Å². The molecule has 0 aliphatic carbocycles. The lowest BCUT2D eigenvalue weighted by atomic mass is 9.98. The summed E-state index contributed by atoms with van der Waals surface area (Å²) in [7, 11) is 0. The van der Waals surface area contributed by atoms with E-state index in [9.17, 15) is 5.11 Å². The highest BCUT2D eigenvalue weighted by atomic mass is 16.3. The summed E-state index contributed by atoms with van der Waals surface area (Å²) in [6.07, 6.45) is 1.15. The Kier molecular flexibility index (Phi) is 2.79. The molecular formula is C16H13NO. The van der Waals surface area contributed by atoms with Gasteiger partial charge in [0.05, 0.1) is 5.52 Å². The van der Waals surface area contributed by atoms with E-state index in [1.807, 2.05) is 60.7 Å². The minimum atomic E-state index is -0.612. The van der Waals surface area contributed by atoms with E-state index in [1.54, 1.807) is 6.20 Å². The molecule has 3 aromatic rings. The summed E-state index contributed by atoms with van der Waals surface area (Å²) in [6.45, 7) is 0. The molecule has 2 nitrogen and oxygen atoms in total. The van der Waals surface area contributed by atoms with Gasteiger partial charge in [-0.05, 0) is 23.3 Å². The molecule has 0 bridgehead atoms. The zero-order chi connectivity index (χ0) is 12.4. The molecule has 88 valence electrons. The lowest BCUT2D eigenvalue weighted by Gasteiger charge is -2.13. The number of hydrogen-bond acceptors (Lipinski definition) is 2. The number of nitrogens with zero attached hydrogens (tertiary/aromatic N) is 1. The average Bonchev–Trinajstić information content (AvgIpc) is 2.47. The largest absolute Gasteiger partial charge is 0.384 e. The van der Waals surface area contributed by atoms with Crippen LogP contribution in [0, 0.1) is 0 Å². The van der Waals surface area contributed by atoms with Gasteiger partial charge in [0.1, 0.15) is 6.10 Å². The van der Waals surface area contributed by atoms with Crippen LogP contribution in [0.5, 0.6) is 0 Å². The Morgan fingerprint density at radius 3 is 2.50 bits per heavy atom. The molecule has 1 unspecified atom stereocenters. The van der Waals surface area contributed by atoms with Crippen LogP contribution in [-0.2, 0) is 0 Å². The number of aliphatic hydroxyl groups is 1. The number of fused-ring (bicyclic) bond motifs is 1. The van der Waals surface area contributed by atoms with E-state index in [-0.39, 0.29) is 0 Å². The summed E-state index contributed by atoms with van der Waals surface area (Å²) >= 11 is 0. The predicted molar refractivity (Wildman–Crippen MR) is 72.2 cm³/mol. The second-order valence-corrected chi connectivity index (χ2v) is 4.23. The third-order valence-electron chi connectivity index (χ3n) is 3.09. The van der Waals surface area contributed by atoms with E-state index in [2.05, 4.69) is 4.98 Å². The second-order valence-electron chi connectivity index (χ2n) is 4.23. The Labute approximate surface area is 106 Å². The maximum absolute atomic E-state index is 10.5. The van der Waals surface area contributed by atoms with Crippen molar-refractivity contribution in [3.63, 3.8) is 0 Å². The van der Waals surface area contributed by atoms with Crippen LogP contribution in [0.25, 0.3) is 10.9 Å². The fraction of sp³-hybridized carbons (Fsp3) is 0.0625. The van der Waals surface area contributed by atoms with E-state index in [4.69, 9.17) is 0 Å². The zero-order valence-electron chi connectivity index (χ0n) is 9.82. The summed E-state index contributed by atoms with van der Waals surface area (Å²) in [5.74, 6) is 0. The molecule has 18 heavy (non-hydrogen) atoms. The molecule has 0 fully saturated rings. The molecule has 0 amide bonds. The third kappa shape index (κ3) is 1.87. The summed E-state index contributed by atoms with van der Waals surface area (Å²) in [5.41, 5.74) is 2.70. The van der Waals surface area contributed by atoms with Gasteiger partial charge in [0, 0.05) is 11.6 Å². The molecule has 1 N–H and O–H groups in total. The summed E-state index contributed by atoms with van der Waals surface area (Å²) < 4.78 is 0. The number of hydrogen-bond donors (Lipinski definition) is 1. The van der Waals surface area contributed by atoms with Gasteiger partial charge in [-0.2, -0.15) is 0 Å². The van der Waals surface area contributed by atoms with Crippen molar-refractivity contribution < 1.29 is 5.11 Å². The molecule has 2 aromatic carbocycles. The SMILES string of the molecule is OC(c1ccccc1)c1cccc2ncccc12. The van der Waals surface area contributed by atoms with Crippen LogP contribution in [0.15, 0.2) is 66.9 Å². The van der Waals surface area contributed by atoms with Gasteiger partial charge in [0.2, 0.25) is 0 Å². The van der Waals surface area contributed by atoms with Crippen molar-refractivity contribution in [2.24, 2.45) is 0 Å². The number of benzene rings is 2. The van der Waals surface area contributed by atoms with Gasteiger partial charge < -0.3 is 5.11 Å². The van der Waals surface area contributed by atoms with Crippen molar-refractivity contribution in [2.75, 3.05) is 0 Å². The normalized spacial score (nSPS) is 12.5. The summed E-state index contributed by atoms with van der Waals surface area (Å²) in [6, 6.07) is 19.4. The molecule has 0 saturated carbocycles. The highest BCUT2D eigenvalue weighted by Crippen LogP contribution is 2.27. The molecule has 0 spiro atoms. The van der Waals surface area contributed by atoms with Crippen molar-refractivity contribution in [3.05, 3.63) is 78.0 Å². The van der Waals surface area contributed by atoms with Crippen molar-refractivity contribution in [2.45, 2.75) is 6.10 Å². The second kappa shape index (κ2) is 4.59. The molecule has 0 aliphatic rings. The lowest BCUT2D eigenvalue weighted by Crippen LogP contribution is -2.00. The van der Waals surface area contributed by atoms with E-state index < -0.39 is 6.10 Å². The van der Waals surface area contributed by atoms with E-state index in [1.165, 1.54) is 0 Å². The van der Waals surface area contributed by atoms with Gasteiger partial charge in [-0.3, -0.25) is 4.98 Å². The molecule has 3 rings (SSSR count). The molecule has 0 saturated heterocycles. The van der Waals surface area contributed by atoms with Crippen molar-refractivity contribution in [3.8, 4) is 0 Å². The first kappa shape index (κ1) is 10.9. The number of aromatic nitrogens is 1. The van der Waals surface area contributed by atoms with Crippen LogP contribution in [0.3, 0.4) is 0 Å². The van der Waals surface area contributed by atoms with Crippen molar-refractivity contribution in [1.82, 2.24) is 4.98 Å². The Morgan fingerprint density at radius 1 is 0.833 bits per heavy atom. The molecule has 2 heteroatoms. The van der Waals surface area contributed by atoms with Crippen molar-refractivity contribution >= 4 is 10.9 Å². The van der Waals surface area contributed by atoms with Gasteiger partial charge >= 0.3 is 0 Å². The minimum Gasteiger partial charge on any atom is -0.384 e. The topological polar surface area (TPSA) is 33.1 Å². The Balaban J connectivity index is 2.15. The van der Waals surface area contributed by atoms with Crippen LogP contribution >= 0.6 is 0 Å². The first-order chi connectivity index (χ1) is 8.86. The van der Waals surface area contributed by atoms with Gasteiger partial charge in [-0.15, -0.1) is 0 Å². The van der Waals surface area contributed by atoms with E-state index in [0.717, 1.165) is 22.0 Å². The number of rotatable bonds is 2. The van der Waals surface area contributed by atoms with Crippen LogP contribution < -0.4 is 0 Å². The molecular weight excluding hydrogens is 222 g/mol. The fourth-order valence-corrected chi connectivity index (χ4v) is 2.18.